The molecule has 1 aromatic heterocycles. The van der Waals surface area contributed by atoms with Crippen LogP contribution in [0.15, 0.2) is 206 Å². The summed E-state index contributed by atoms with van der Waals surface area (Å²) in [6.07, 6.45) is 0. The van der Waals surface area contributed by atoms with E-state index in [9.17, 15) is 0 Å². The lowest BCUT2D eigenvalue weighted by atomic mass is 9.94. The summed E-state index contributed by atoms with van der Waals surface area (Å²) in [5, 5.41) is 12.7. The molecule has 0 N–H and O–H groups in total. The zero-order valence-corrected chi connectivity index (χ0v) is 29.5. The van der Waals surface area contributed by atoms with Crippen molar-refractivity contribution >= 4 is 82.0 Å². The largest absolute Gasteiger partial charge is 0.310 e. The standard InChI is InChI=1S/C52H34N2/c1-2-15-38(16-3-1)53(40-30-31-46-44-20-7-6-18-42(44)43-19-8-9-21-45(43)48(46)34-40)39-28-25-35(26-29-39)37-27-32-52-49(33-37)47-22-10-11-23-51(47)54(52)50-24-12-14-36-13-4-5-17-41(36)50/h1-34H. The number of benzene rings is 10. The number of hydrogen-bond donors (Lipinski definition) is 0. The van der Waals surface area contributed by atoms with Crippen LogP contribution in [0.5, 0.6) is 0 Å². The Balaban J connectivity index is 1.04. The summed E-state index contributed by atoms with van der Waals surface area (Å²) in [6, 6.07) is 75.2. The van der Waals surface area contributed by atoms with Crippen molar-refractivity contribution in [2.75, 3.05) is 4.90 Å². The van der Waals surface area contributed by atoms with Gasteiger partial charge in [-0.25, -0.2) is 0 Å². The summed E-state index contributed by atoms with van der Waals surface area (Å²) in [4.78, 5) is 2.37. The van der Waals surface area contributed by atoms with Crippen molar-refractivity contribution in [1.29, 1.82) is 0 Å². The van der Waals surface area contributed by atoms with E-state index < -0.39 is 0 Å². The number of anilines is 3. The Morgan fingerprint density at radius 2 is 0.796 bits per heavy atom. The van der Waals surface area contributed by atoms with Gasteiger partial charge in [-0.1, -0.05) is 146 Å². The van der Waals surface area contributed by atoms with Crippen LogP contribution in [0.2, 0.25) is 0 Å². The average Bonchev–Trinajstić information content (AvgIpc) is 3.58. The highest BCUT2D eigenvalue weighted by Crippen LogP contribution is 2.42. The molecule has 0 saturated heterocycles. The van der Waals surface area contributed by atoms with Gasteiger partial charge in [-0.15, -0.1) is 0 Å². The Kier molecular flexibility index (Phi) is 6.90. The third-order valence-corrected chi connectivity index (χ3v) is 11.1. The van der Waals surface area contributed by atoms with Crippen LogP contribution in [-0.4, -0.2) is 4.57 Å². The second-order valence-electron chi connectivity index (χ2n) is 14.1. The van der Waals surface area contributed by atoms with Gasteiger partial charge in [-0.05, 0) is 109 Å². The van der Waals surface area contributed by atoms with Crippen LogP contribution in [0, 0.1) is 0 Å². The predicted molar refractivity (Wildman–Crippen MR) is 231 cm³/mol. The molecule has 0 atom stereocenters. The third kappa shape index (κ3) is 4.74. The molecule has 0 saturated carbocycles. The molecule has 11 rings (SSSR count). The van der Waals surface area contributed by atoms with E-state index in [1.54, 1.807) is 0 Å². The van der Waals surface area contributed by atoms with Crippen LogP contribution in [0.4, 0.5) is 17.1 Å². The Hall–Kier alpha value is -7.16. The molecular weight excluding hydrogens is 653 g/mol. The summed E-state index contributed by atoms with van der Waals surface area (Å²) in [6.45, 7) is 0. The minimum atomic E-state index is 1.11. The van der Waals surface area contributed by atoms with Crippen molar-refractivity contribution in [3.63, 3.8) is 0 Å². The van der Waals surface area contributed by atoms with Crippen molar-refractivity contribution < 1.29 is 0 Å². The van der Waals surface area contributed by atoms with Crippen LogP contribution < -0.4 is 4.90 Å². The molecule has 11 aromatic rings. The van der Waals surface area contributed by atoms with Gasteiger partial charge in [-0.2, -0.15) is 0 Å². The molecule has 0 amide bonds. The molecule has 0 aliphatic heterocycles. The zero-order chi connectivity index (χ0) is 35.6. The van der Waals surface area contributed by atoms with Crippen molar-refractivity contribution in [3.05, 3.63) is 206 Å². The van der Waals surface area contributed by atoms with Crippen LogP contribution >= 0.6 is 0 Å². The van der Waals surface area contributed by atoms with Gasteiger partial charge in [0.15, 0.2) is 0 Å². The van der Waals surface area contributed by atoms with Gasteiger partial charge in [0.1, 0.15) is 0 Å². The van der Waals surface area contributed by atoms with Crippen LogP contribution in [0.1, 0.15) is 0 Å². The fourth-order valence-corrected chi connectivity index (χ4v) is 8.68. The van der Waals surface area contributed by atoms with Gasteiger partial charge in [0.25, 0.3) is 0 Å². The Morgan fingerprint density at radius 3 is 1.54 bits per heavy atom. The van der Waals surface area contributed by atoms with Crippen molar-refractivity contribution in [2.45, 2.75) is 0 Å². The minimum Gasteiger partial charge on any atom is -0.310 e. The van der Waals surface area contributed by atoms with Crippen molar-refractivity contribution in [2.24, 2.45) is 0 Å². The lowest BCUT2D eigenvalue weighted by Crippen LogP contribution is -2.09. The maximum atomic E-state index is 2.42. The molecule has 252 valence electrons. The minimum absolute atomic E-state index is 1.11. The summed E-state index contributed by atoms with van der Waals surface area (Å²) >= 11 is 0. The van der Waals surface area contributed by atoms with E-state index >= 15 is 0 Å². The summed E-state index contributed by atoms with van der Waals surface area (Å²) in [7, 11) is 0. The molecule has 54 heavy (non-hydrogen) atoms. The number of nitrogens with zero attached hydrogens (tertiary/aromatic N) is 2. The molecule has 0 aliphatic rings. The molecule has 2 heteroatoms. The Morgan fingerprint density at radius 1 is 0.278 bits per heavy atom. The molecule has 0 fully saturated rings. The summed E-state index contributed by atoms with van der Waals surface area (Å²) in [5.41, 5.74) is 9.37. The van der Waals surface area contributed by atoms with Gasteiger partial charge >= 0.3 is 0 Å². The smallest absolute Gasteiger partial charge is 0.0541 e. The lowest BCUT2D eigenvalue weighted by molar-refractivity contribution is 1.20. The average molecular weight is 687 g/mol. The molecule has 0 bridgehead atoms. The number of rotatable bonds is 5. The molecule has 10 aromatic carbocycles. The Labute approximate surface area is 313 Å². The SMILES string of the molecule is c1ccc(N(c2ccc(-c3ccc4c(c3)c3ccccc3n4-c3cccc4ccccc34)cc2)c2ccc3c4ccccc4c4ccccc4c3c2)cc1. The predicted octanol–water partition coefficient (Wildman–Crippen LogP) is 14.5. The lowest BCUT2D eigenvalue weighted by Gasteiger charge is -2.26. The van der Waals surface area contributed by atoms with Gasteiger partial charge in [0, 0.05) is 33.2 Å². The van der Waals surface area contributed by atoms with Crippen LogP contribution in [0.3, 0.4) is 0 Å². The highest BCUT2D eigenvalue weighted by molar-refractivity contribution is 6.25. The highest BCUT2D eigenvalue weighted by atomic mass is 15.1. The zero-order valence-electron chi connectivity index (χ0n) is 29.5. The molecule has 1 heterocycles. The van der Waals surface area contributed by atoms with E-state index in [1.807, 2.05) is 0 Å². The van der Waals surface area contributed by atoms with E-state index in [1.165, 1.54) is 81.7 Å². The normalized spacial score (nSPS) is 11.7. The van der Waals surface area contributed by atoms with E-state index in [0.717, 1.165) is 17.1 Å². The number of para-hydroxylation sites is 2. The molecular formula is C52H34N2. The second-order valence-corrected chi connectivity index (χ2v) is 14.1. The first-order valence-electron chi connectivity index (χ1n) is 18.6. The second kappa shape index (κ2) is 12.2. The molecule has 0 spiro atoms. The molecule has 0 radical (unpaired) electrons. The first-order valence-corrected chi connectivity index (χ1v) is 18.6. The van der Waals surface area contributed by atoms with E-state index in [0.29, 0.717) is 0 Å². The van der Waals surface area contributed by atoms with Gasteiger partial charge in [-0.3, -0.25) is 0 Å². The summed E-state index contributed by atoms with van der Waals surface area (Å²) in [5.74, 6) is 0. The van der Waals surface area contributed by atoms with Crippen molar-refractivity contribution in [1.82, 2.24) is 4.57 Å². The van der Waals surface area contributed by atoms with Crippen LogP contribution in [0.25, 0.3) is 81.7 Å². The molecule has 0 aliphatic carbocycles. The van der Waals surface area contributed by atoms with Gasteiger partial charge < -0.3 is 9.47 Å². The van der Waals surface area contributed by atoms with E-state index in [2.05, 4.69) is 216 Å². The first-order chi connectivity index (χ1) is 26.8. The molecule has 0 unspecified atom stereocenters. The fourth-order valence-electron chi connectivity index (χ4n) is 8.68. The third-order valence-electron chi connectivity index (χ3n) is 11.1. The number of hydrogen-bond acceptors (Lipinski definition) is 1. The topological polar surface area (TPSA) is 8.17 Å². The maximum absolute atomic E-state index is 2.42. The fraction of sp³-hybridized carbons (Fsp3) is 0. The Bertz CT molecular complexity index is 3170. The maximum Gasteiger partial charge on any atom is 0.0541 e. The monoisotopic (exact) mass is 686 g/mol. The quantitative estimate of drug-likeness (QED) is 0.164. The number of aromatic nitrogens is 1. The molecule has 2 nitrogen and oxygen atoms in total. The highest BCUT2D eigenvalue weighted by Gasteiger charge is 2.17. The van der Waals surface area contributed by atoms with Gasteiger partial charge in [0.05, 0.1) is 16.7 Å². The first kappa shape index (κ1) is 30.5. The van der Waals surface area contributed by atoms with Crippen molar-refractivity contribution in [3.8, 4) is 16.8 Å². The number of fused-ring (bicyclic) bond motifs is 10. The van der Waals surface area contributed by atoms with E-state index in [-0.39, 0.29) is 0 Å². The van der Waals surface area contributed by atoms with E-state index in [4.69, 9.17) is 0 Å². The van der Waals surface area contributed by atoms with Crippen LogP contribution in [-0.2, 0) is 0 Å². The van der Waals surface area contributed by atoms with Gasteiger partial charge in [0.2, 0.25) is 0 Å². The summed E-state index contributed by atoms with van der Waals surface area (Å²) < 4.78 is 2.42.